The fraction of sp³-hybridized carbons (Fsp3) is 0.655. The van der Waals surface area contributed by atoms with E-state index in [9.17, 15) is 24.3 Å². The van der Waals surface area contributed by atoms with Gasteiger partial charge in [-0.2, -0.15) is 0 Å². The Morgan fingerprint density at radius 1 is 0.878 bits per heavy atom. The van der Waals surface area contributed by atoms with E-state index in [2.05, 4.69) is 0 Å². The molecule has 41 heavy (non-hydrogen) atoms. The van der Waals surface area contributed by atoms with Crippen molar-refractivity contribution >= 4 is 23.9 Å². The van der Waals surface area contributed by atoms with Crippen molar-refractivity contribution in [2.24, 2.45) is 5.92 Å². The maximum atomic E-state index is 12.0. The van der Waals surface area contributed by atoms with Gasteiger partial charge in [0.15, 0.2) is 18.3 Å². The SMILES string of the molecule is CC(=O)OC[C@H]1O[C@](O)(CCCCc2ccc(OCC3CCOC3)cc2)[C@H](OC(C)=O)[C@@H](OC(C)=O)[C@@H]1OC(C)=O. The Bertz CT molecular complexity index is 1030. The van der Waals surface area contributed by atoms with Gasteiger partial charge in [0.1, 0.15) is 18.5 Å². The van der Waals surface area contributed by atoms with Crippen LogP contribution in [-0.4, -0.2) is 85.6 Å². The first-order valence-corrected chi connectivity index (χ1v) is 13.8. The molecule has 3 rings (SSSR count). The van der Waals surface area contributed by atoms with Crippen LogP contribution >= 0.6 is 0 Å². The summed E-state index contributed by atoms with van der Waals surface area (Å²) < 4.78 is 38.3. The number of hydrogen-bond donors (Lipinski definition) is 1. The van der Waals surface area contributed by atoms with Crippen LogP contribution in [0.2, 0.25) is 0 Å². The molecule has 6 atom stereocenters. The van der Waals surface area contributed by atoms with Crippen molar-refractivity contribution in [1.82, 2.24) is 0 Å². The Labute approximate surface area is 239 Å². The highest BCUT2D eigenvalue weighted by molar-refractivity contribution is 5.68. The second kappa shape index (κ2) is 15.1. The predicted octanol–water partition coefficient (Wildman–Crippen LogP) is 2.26. The van der Waals surface area contributed by atoms with E-state index >= 15 is 0 Å². The molecule has 2 saturated heterocycles. The number of benzene rings is 1. The van der Waals surface area contributed by atoms with Gasteiger partial charge in [0.2, 0.25) is 5.79 Å². The largest absolute Gasteiger partial charge is 0.493 e. The molecule has 1 aromatic carbocycles. The van der Waals surface area contributed by atoms with Crippen LogP contribution in [-0.2, 0) is 54.0 Å². The lowest BCUT2D eigenvalue weighted by Gasteiger charge is -2.48. The zero-order chi connectivity index (χ0) is 30.0. The first kappa shape index (κ1) is 32.3. The molecule has 2 aliphatic heterocycles. The molecule has 1 N–H and O–H groups in total. The fourth-order valence-corrected chi connectivity index (χ4v) is 4.95. The summed E-state index contributed by atoms with van der Waals surface area (Å²) in [5.41, 5.74) is 1.06. The number of rotatable bonds is 13. The molecule has 12 nitrogen and oxygen atoms in total. The molecule has 0 amide bonds. The molecule has 2 fully saturated rings. The van der Waals surface area contributed by atoms with Crippen LogP contribution in [0.25, 0.3) is 0 Å². The summed E-state index contributed by atoms with van der Waals surface area (Å²) in [6.07, 6.45) is -2.70. The van der Waals surface area contributed by atoms with E-state index in [4.69, 9.17) is 33.2 Å². The average molecular weight is 581 g/mol. The quantitative estimate of drug-likeness (QED) is 0.207. The van der Waals surface area contributed by atoms with Gasteiger partial charge < -0.3 is 38.3 Å². The van der Waals surface area contributed by atoms with E-state index in [1.807, 2.05) is 24.3 Å². The Hall–Kier alpha value is -3.22. The van der Waals surface area contributed by atoms with Crippen LogP contribution < -0.4 is 4.74 Å². The topological polar surface area (TPSA) is 153 Å². The van der Waals surface area contributed by atoms with E-state index in [1.54, 1.807) is 0 Å². The van der Waals surface area contributed by atoms with Gasteiger partial charge in [-0.05, 0) is 43.4 Å². The molecule has 0 spiro atoms. The van der Waals surface area contributed by atoms with E-state index < -0.39 is 60.7 Å². The lowest BCUT2D eigenvalue weighted by atomic mass is 9.88. The molecule has 228 valence electrons. The van der Waals surface area contributed by atoms with Crippen LogP contribution in [0.1, 0.15) is 58.9 Å². The maximum Gasteiger partial charge on any atom is 0.303 e. The number of unbranched alkanes of at least 4 members (excludes halogenated alkanes) is 1. The summed E-state index contributed by atoms with van der Waals surface area (Å²) in [5, 5.41) is 11.6. The molecule has 0 radical (unpaired) electrons. The van der Waals surface area contributed by atoms with Crippen molar-refractivity contribution in [1.29, 1.82) is 0 Å². The predicted molar refractivity (Wildman–Crippen MR) is 142 cm³/mol. The zero-order valence-electron chi connectivity index (χ0n) is 24.0. The minimum atomic E-state index is -2.13. The van der Waals surface area contributed by atoms with E-state index in [1.165, 1.54) is 6.92 Å². The van der Waals surface area contributed by atoms with Gasteiger partial charge in [0, 0.05) is 46.6 Å². The Morgan fingerprint density at radius 2 is 1.54 bits per heavy atom. The third-order valence-electron chi connectivity index (χ3n) is 6.82. The highest BCUT2D eigenvalue weighted by Crippen LogP contribution is 2.37. The van der Waals surface area contributed by atoms with Crippen LogP contribution in [0.15, 0.2) is 24.3 Å². The Balaban J connectivity index is 1.68. The third kappa shape index (κ3) is 9.98. The summed E-state index contributed by atoms with van der Waals surface area (Å²) in [5.74, 6) is -3.83. The van der Waals surface area contributed by atoms with Gasteiger partial charge in [-0.25, -0.2) is 0 Å². The van der Waals surface area contributed by atoms with Crippen molar-refractivity contribution in [3.05, 3.63) is 29.8 Å². The fourth-order valence-electron chi connectivity index (χ4n) is 4.95. The van der Waals surface area contributed by atoms with Crippen molar-refractivity contribution in [3.63, 3.8) is 0 Å². The van der Waals surface area contributed by atoms with Gasteiger partial charge in [0.05, 0.1) is 13.2 Å². The molecular formula is C29H40O12. The third-order valence-corrected chi connectivity index (χ3v) is 6.82. The molecule has 12 heteroatoms. The molecule has 0 bridgehead atoms. The molecule has 1 unspecified atom stereocenters. The highest BCUT2D eigenvalue weighted by Gasteiger charge is 2.59. The van der Waals surface area contributed by atoms with Crippen molar-refractivity contribution in [2.75, 3.05) is 26.4 Å². The molecular weight excluding hydrogens is 540 g/mol. The van der Waals surface area contributed by atoms with Crippen LogP contribution in [0, 0.1) is 5.92 Å². The summed E-state index contributed by atoms with van der Waals surface area (Å²) in [6, 6.07) is 7.78. The molecule has 0 aromatic heterocycles. The Kier molecular flexibility index (Phi) is 11.9. The first-order chi connectivity index (χ1) is 19.5. The van der Waals surface area contributed by atoms with Gasteiger partial charge >= 0.3 is 23.9 Å². The lowest BCUT2D eigenvalue weighted by molar-refractivity contribution is -0.354. The zero-order valence-corrected chi connectivity index (χ0v) is 24.0. The summed E-state index contributed by atoms with van der Waals surface area (Å²) in [7, 11) is 0. The summed E-state index contributed by atoms with van der Waals surface area (Å²) >= 11 is 0. The van der Waals surface area contributed by atoms with E-state index in [0.29, 0.717) is 31.8 Å². The van der Waals surface area contributed by atoms with Gasteiger partial charge in [-0.3, -0.25) is 19.2 Å². The summed E-state index contributed by atoms with van der Waals surface area (Å²) in [4.78, 5) is 47.3. The van der Waals surface area contributed by atoms with E-state index in [-0.39, 0.29) is 6.42 Å². The minimum Gasteiger partial charge on any atom is -0.493 e. The van der Waals surface area contributed by atoms with Crippen LogP contribution in [0.5, 0.6) is 5.75 Å². The number of carbonyl (C=O) groups excluding carboxylic acids is 4. The molecule has 1 aromatic rings. The molecule has 2 aliphatic rings. The van der Waals surface area contributed by atoms with Crippen molar-refractivity contribution in [2.45, 2.75) is 90.0 Å². The van der Waals surface area contributed by atoms with Crippen LogP contribution in [0.4, 0.5) is 0 Å². The second-order valence-electron chi connectivity index (χ2n) is 10.4. The maximum absolute atomic E-state index is 12.0. The monoisotopic (exact) mass is 580 g/mol. The molecule has 2 heterocycles. The summed E-state index contributed by atoms with van der Waals surface area (Å²) in [6.45, 7) is 6.30. The van der Waals surface area contributed by atoms with Gasteiger partial charge in [0.25, 0.3) is 0 Å². The number of carbonyl (C=O) groups is 4. The normalized spacial score (nSPS) is 27.5. The molecule has 0 aliphatic carbocycles. The van der Waals surface area contributed by atoms with Gasteiger partial charge in [-0.15, -0.1) is 0 Å². The van der Waals surface area contributed by atoms with Crippen molar-refractivity contribution < 1.29 is 57.4 Å². The highest BCUT2D eigenvalue weighted by atomic mass is 16.7. The second-order valence-corrected chi connectivity index (χ2v) is 10.4. The number of aryl methyl sites for hydroxylation is 1. The first-order valence-electron chi connectivity index (χ1n) is 13.8. The number of esters is 4. The standard InChI is InChI=1S/C29H40O12/c1-18(30)36-17-25-26(38-19(2)31)27(39-20(3)32)28(40-21(4)33)29(34,41-25)13-6-5-7-22-8-10-24(11-9-22)37-16-23-12-14-35-15-23/h8-11,23,25-28,34H,5-7,12-17H2,1-4H3/t23?,25-,26-,27+,28-,29-/m1/s1. The smallest absolute Gasteiger partial charge is 0.303 e. The van der Waals surface area contributed by atoms with Crippen molar-refractivity contribution in [3.8, 4) is 5.75 Å². The van der Waals surface area contributed by atoms with E-state index in [0.717, 1.165) is 51.7 Å². The number of aliphatic hydroxyl groups is 1. The number of ether oxygens (including phenoxy) is 7. The number of hydrogen-bond acceptors (Lipinski definition) is 12. The molecule has 0 saturated carbocycles. The average Bonchev–Trinajstić information content (AvgIpc) is 3.42. The van der Waals surface area contributed by atoms with Crippen LogP contribution in [0.3, 0.4) is 0 Å². The lowest BCUT2D eigenvalue weighted by Crippen LogP contribution is -2.68. The Morgan fingerprint density at radius 3 is 2.12 bits per heavy atom. The minimum absolute atomic E-state index is 0.0171. The van der Waals surface area contributed by atoms with Gasteiger partial charge in [-0.1, -0.05) is 12.1 Å².